The maximum atomic E-state index is 13.1. The van der Waals surface area contributed by atoms with E-state index in [2.05, 4.69) is 20.9 Å². The van der Waals surface area contributed by atoms with Gasteiger partial charge in [0.25, 0.3) is 5.91 Å². The van der Waals surface area contributed by atoms with E-state index in [1.165, 1.54) is 25.1 Å². The Bertz CT molecular complexity index is 1300. The Balaban J connectivity index is 1.43. The highest BCUT2D eigenvalue weighted by Gasteiger charge is 2.57. The fourth-order valence-corrected chi connectivity index (χ4v) is 3.30. The number of alkyl halides is 3. The topological polar surface area (TPSA) is 113 Å². The summed E-state index contributed by atoms with van der Waals surface area (Å²) in [5, 5.41) is 7.21. The van der Waals surface area contributed by atoms with Gasteiger partial charge in [-0.05, 0) is 62.2 Å². The van der Waals surface area contributed by atoms with Gasteiger partial charge in [0.1, 0.15) is 11.2 Å². The zero-order valence-electron chi connectivity index (χ0n) is 18.1. The minimum absolute atomic E-state index is 0.0744. The number of nitrogens with zero attached hydrogens (tertiary/aromatic N) is 1. The lowest BCUT2D eigenvalue weighted by atomic mass is 10.1. The molecule has 0 atom stereocenters. The van der Waals surface area contributed by atoms with Crippen LogP contribution in [0.1, 0.15) is 34.7 Å². The first kappa shape index (κ1) is 23.9. The molecule has 0 unspecified atom stereocenters. The number of hydrogen-bond donors (Lipinski definition) is 3. The van der Waals surface area contributed by atoms with E-state index >= 15 is 0 Å². The number of amides is 3. The van der Waals surface area contributed by atoms with E-state index in [4.69, 9.17) is 4.42 Å². The van der Waals surface area contributed by atoms with Crippen LogP contribution in [0.3, 0.4) is 0 Å². The highest BCUT2D eigenvalue weighted by Crippen LogP contribution is 2.47. The average Bonchev–Trinajstić information content (AvgIpc) is 3.53. The molecule has 1 aliphatic rings. The molecule has 8 nitrogen and oxygen atoms in total. The third-order valence-electron chi connectivity index (χ3n) is 5.39. The second kappa shape index (κ2) is 8.85. The van der Waals surface area contributed by atoms with Crippen molar-refractivity contribution in [2.24, 2.45) is 5.41 Å². The van der Waals surface area contributed by atoms with Gasteiger partial charge in [0.05, 0.1) is 11.3 Å². The Labute approximate surface area is 195 Å². The van der Waals surface area contributed by atoms with Crippen LogP contribution in [0, 0.1) is 18.2 Å². The zero-order chi connectivity index (χ0) is 25.4. The van der Waals surface area contributed by atoms with Crippen LogP contribution in [0.25, 0.3) is 0 Å². The second-order valence-corrected chi connectivity index (χ2v) is 7.96. The molecule has 35 heavy (non-hydrogen) atoms. The quantitative estimate of drug-likeness (QED) is 0.341. The number of anilines is 3. The maximum Gasteiger partial charge on any atom is 0.416 e. The highest BCUT2D eigenvalue weighted by atomic mass is 19.4. The van der Waals surface area contributed by atoms with Gasteiger partial charge in [-0.25, -0.2) is 4.39 Å². The fourth-order valence-electron chi connectivity index (χ4n) is 3.30. The van der Waals surface area contributed by atoms with Crippen LogP contribution in [-0.4, -0.2) is 22.7 Å². The molecule has 1 aromatic heterocycles. The van der Waals surface area contributed by atoms with Gasteiger partial charge in [-0.15, -0.1) is 0 Å². The molecular weight excluding hydrogens is 472 g/mol. The molecule has 0 radical (unpaired) electrons. The Morgan fingerprint density at radius 3 is 2.23 bits per heavy atom. The molecular formula is C23H18F4N4O4. The number of benzene rings is 2. The van der Waals surface area contributed by atoms with Crippen molar-refractivity contribution in [2.45, 2.75) is 25.9 Å². The summed E-state index contributed by atoms with van der Waals surface area (Å²) in [6, 6.07) is 8.74. The summed E-state index contributed by atoms with van der Waals surface area (Å²) in [7, 11) is 0. The number of aryl methyl sites for hydroxylation is 1. The number of aromatic nitrogens is 1. The van der Waals surface area contributed by atoms with Crippen LogP contribution in [-0.2, 0) is 15.8 Å². The predicted octanol–water partition coefficient (Wildman–Crippen LogP) is 4.75. The van der Waals surface area contributed by atoms with E-state index in [0.29, 0.717) is 5.69 Å². The van der Waals surface area contributed by atoms with Gasteiger partial charge in [-0.2, -0.15) is 18.2 Å². The lowest BCUT2D eigenvalue weighted by molar-refractivity contribution is -0.137. The summed E-state index contributed by atoms with van der Waals surface area (Å²) >= 11 is 0. The lowest BCUT2D eigenvalue weighted by Crippen LogP contribution is -2.35. The zero-order valence-corrected chi connectivity index (χ0v) is 18.1. The van der Waals surface area contributed by atoms with Crippen molar-refractivity contribution in [3.63, 3.8) is 0 Å². The van der Waals surface area contributed by atoms with Crippen LogP contribution < -0.4 is 16.0 Å². The van der Waals surface area contributed by atoms with Gasteiger partial charge in [-0.3, -0.25) is 19.7 Å². The van der Waals surface area contributed by atoms with Crippen molar-refractivity contribution in [1.82, 2.24) is 4.98 Å². The first-order valence-electron chi connectivity index (χ1n) is 10.3. The molecule has 1 fully saturated rings. The average molecular weight is 490 g/mol. The lowest BCUT2D eigenvalue weighted by Gasteiger charge is -2.14. The molecule has 0 spiro atoms. The van der Waals surface area contributed by atoms with Crippen molar-refractivity contribution >= 4 is 35.1 Å². The molecule has 0 bridgehead atoms. The Kier molecular flexibility index (Phi) is 6.05. The summed E-state index contributed by atoms with van der Waals surface area (Å²) in [4.78, 5) is 41.9. The summed E-state index contributed by atoms with van der Waals surface area (Å²) in [6.45, 7) is 1.41. The molecule has 3 N–H and O–H groups in total. The Morgan fingerprint density at radius 1 is 0.943 bits per heavy atom. The third kappa shape index (κ3) is 5.15. The molecule has 3 amide bonds. The highest BCUT2D eigenvalue weighted by molar-refractivity contribution is 6.16. The summed E-state index contributed by atoms with van der Waals surface area (Å²) in [5.41, 5.74) is -2.04. The van der Waals surface area contributed by atoms with Gasteiger partial charge in [0.15, 0.2) is 0 Å². The number of oxazole rings is 1. The molecule has 1 aliphatic carbocycles. The van der Waals surface area contributed by atoms with Crippen LogP contribution in [0.15, 0.2) is 52.9 Å². The summed E-state index contributed by atoms with van der Waals surface area (Å²) < 4.78 is 57.0. The molecule has 1 heterocycles. The van der Waals surface area contributed by atoms with Crippen molar-refractivity contribution in [3.05, 3.63) is 71.4 Å². The molecule has 182 valence electrons. The Hall–Kier alpha value is -4.22. The third-order valence-corrected chi connectivity index (χ3v) is 5.39. The molecule has 0 saturated heterocycles. The van der Waals surface area contributed by atoms with Crippen LogP contribution >= 0.6 is 0 Å². The largest absolute Gasteiger partial charge is 0.418 e. The van der Waals surface area contributed by atoms with Crippen LogP contribution in [0.2, 0.25) is 0 Å². The Morgan fingerprint density at radius 2 is 1.60 bits per heavy atom. The van der Waals surface area contributed by atoms with Gasteiger partial charge in [0.2, 0.25) is 17.6 Å². The minimum Gasteiger partial charge on any atom is -0.418 e. The van der Waals surface area contributed by atoms with E-state index in [1.54, 1.807) is 0 Å². The minimum atomic E-state index is -4.58. The van der Waals surface area contributed by atoms with Crippen molar-refractivity contribution in [2.75, 3.05) is 16.0 Å². The van der Waals surface area contributed by atoms with Crippen molar-refractivity contribution in [3.8, 4) is 0 Å². The summed E-state index contributed by atoms with van der Waals surface area (Å²) in [5.74, 6) is -2.96. The van der Waals surface area contributed by atoms with E-state index in [0.717, 1.165) is 30.3 Å². The number of hydrogen-bond acceptors (Lipinski definition) is 5. The number of carbonyl (C=O) groups is 3. The number of halogens is 4. The molecule has 12 heteroatoms. The predicted molar refractivity (Wildman–Crippen MR) is 116 cm³/mol. The molecule has 2 aromatic carbocycles. The number of nitrogens with one attached hydrogen (secondary N) is 3. The normalized spacial score (nSPS) is 14.2. The first-order valence-corrected chi connectivity index (χ1v) is 10.3. The fraction of sp³-hybridized carbons (Fsp3) is 0.217. The maximum absolute atomic E-state index is 13.1. The second-order valence-electron chi connectivity index (χ2n) is 7.96. The van der Waals surface area contributed by atoms with E-state index < -0.39 is 40.7 Å². The van der Waals surface area contributed by atoms with Crippen LogP contribution in [0.4, 0.5) is 35.0 Å². The number of rotatable bonds is 6. The van der Waals surface area contributed by atoms with Crippen molar-refractivity contribution < 1.29 is 36.4 Å². The van der Waals surface area contributed by atoms with E-state index in [1.807, 2.05) is 0 Å². The monoisotopic (exact) mass is 490 g/mol. The van der Waals surface area contributed by atoms with Gasteiger partial charge in [0, 0.05) is 11.4 Å². The first-order chi connectivity index (χ1) is 16.5. The van der Waals surface area contributed by atoms with Crippen LogP contribution in [0.5, 0.6) is 0 Å². The molecule has 4 rings (SSSR count). The molecule has 0 aliphatic heterocycles. The standard InChI is InChI=1S/C23H18F4N4O4/c1-12-17(18(32)29-16-4-2-3-13(11-16)23(25,26)27)35-21(28-12)31-20(34)22(9-10-22)19(33)30-15-7-5-14(24)6-8-15/h2-8,11H,9-10H2,1H3,(H,29,32)(H,30,33)(H,28,31,34). The van der Waals surface area contributed by atoms with Gasteiger partial charge < -0.3 is 15.1 Å². The van der Waals surface area contributed by atoms with E-state index in [9.17, 15) is 31.9 Å². The molecule has 3 aromatic rings. The van der Waals surface area contributed by atoms with Gasteiger partial charge in [-0.1, -0.05) is 6.07 Å². The smallest absolute Gasteiger partial charge is 0.416 e. The van der Waals surface area contributed by atoms with E-state index in [-0.39, 0.29) is 36.0 Å². The SMILES string of the molecule is Cc1nc(NC(=O)C2(C(=O)Nc3ccc(F)cc3)CC2)oc1C(=O)Nc1cccc(C(F)(F)F)c1. The molecule has 1 saturated carbocycles. The number of carbonyl (C=O) groups excluding carboxylic acids is 3. The summed E-state index contributed by atoms with van der Waals surface area (Å²) in [6.07, 6.45) is -4.06. The van der Waals surface area contributed by atoms with Crippen molar-refractivity contribution in [1.29, 1.82) is 0 Å². The van der Waals surface area contributed by atoms with Gasteiger partial charge >= 0.3 is 12.2 Å².